The third-order valence-corrected chi connectivity index (χ3v) is 2.39. The number of unbranched alkanes of at least 4 members (excludes halogenated alkanes) is 2. The van der Waals surface area contributed by atoms with Gasteiger partial charge in [0.2, 0.25) is 0 Å². The Morgan fingerprint density at radius 3 is 2.06 bits per heavy atom. The maximum atomic E-state index is 10.7. The van der Waals surface area contributed by atoms with Crippen LogP contribution in [0.25, 0.3) is 0 Å². The van der Waals surface area contributed by atoms with Gasteiger partial charge in [-0.15, -0.1) is 0 Å². The molecule has 0 aromatic rings. The standard InChI is InChI=1S/C8H16O2.Au.Co.H2O3S/c1-3-5-6-7-8(9)10-4-2;;;1-4(2)3/h3-7H2,1-2H3;;;4H,(H,1,2,3)/q;+1;;/p-1. The van der Waals surface area contributed by atoms with Crippen molar-refractivity contribution in [1.82, 2.24) is 0 Å². The summed E-state index contributed by atoms with van der Waals surface area (Å²) >= 11 is 1.43. The molecule has 0 N–H and O–H groups in total. The largest absolute Gasteiger partial charge is 0 e. The van der Waals surface area contributed by atoms with Gasteiger partial charge >= 0.3 is 49.5 Å². The Hall–Kier alpha value is 0.627. The fraction of sp³-hybridized carbons (Fsp3) is 0.875. The fourth-order valence-electron chi connectivity index (χ4n) is 0.752. The first kappa shape index (κ1) is 21.9. The van der Waals surface area contributed by atoms with E-state index in [2.05, 4.69) is 9.61 Å². The molecule has 16 heavy (non-hydrogen) atoms. The number of ether oxygens (including phenoxy) is 1. The Bertz CT molecular complexity index is 214. The Morgan fingerprint density at radius 2 is 1.75 bits per heavy atom. The van der Waals surface area contributed by atoms with Crippen LogP contribution in [0.4, 0.5) is 0 Å². The summed E-state index contributed by atoms with van der Waals surface area (Å²) in [7, 11) is -2.62. The second kappa shape index (κ2) is 18.0. The molecule has 5 nitrogen and oxygen atoms in total. The average molecular weight is 481 g/mol. The first-order valence-electron chi connectivity index (χ1n) is 4.64. The van der Waals surface area contributed by atoms with Gasteiger partial charge in [-0.25, -0.2) is 0 Å². The summed E-state index contributed by atoms with van der Waals surface area (Å²) in [6.45, 7) is 4.45. The van der Waals surface area contributed by atoms with E-state index in [1.165, 1.54) is 21.5 Å². The maximum absolute atomic E-state index is 10.7. The number of esters is 1. The monoisotopic (exact) mass is 481 g/mol. The minimum Gasteiger partial charge on any atom is 0 e. The van der Waals surface area contributed by atoms with Gasteiger partial charge in [-0.2, -0.15) is 0 Å². The molecule has 0 rings (SSSR count). The predicted octanol–water partition coefficient (Wildman–Crippen LogP) is 1.12. The smallest absolute Gasteiger partial charge is 0 e. The molecule has 0 fully saturated rings. The first-order chi connectivity index (χ1) is 7.08. The van der Waals surface area contributed by atoms with Gasteiger partial charge in [0.1, 0.15) is 0 Å². The molecule has 8 heteroatoms. The summed E-state index contributed by atoms with van der Waals surface area (Å²) in [6.07, 6.45) is 3.83. The molecule has 0 unspecified atom stereocenters. The summed E-state index contributed by atoms with van der Waals surface area (Å²) in [5, 5.41) is 0. The van der Waals surface area contributed by atoms with Gasteiger partial charge < -0.3 is 4.74 Å². The molecule has 0 saturated carbocycles. The van der Waals surface area contributed by atoms with E-state index in [-0.39, 0.29) is 22.7 Å². The zero-order valence-corrected chi connectivity index (χ0v) is 13.3. The van der Waals surface area contributed by atoms with Gasteiger partial charge in [-0.05, 0) is 13.3 Å². The van der Waals surface area contributed by atoms with Crippen LogP contribution < -0.4 is 0 Å². The Labute approximate surface area is 121 Å². The summed E-state index contributed by atoms with van der Waals surface area (Å²) < 4.78 is 26.7. The van der Waals surface area contributed by atoms with E-state index >= 15 is 0 Å². The Kier molecular flexibility index (Phi) is 24.6. The van der Waals surface area contributed by atoms with E-state index in [0.29, 0.717) is 13.0 Å². The van der Waals surface area contributed by atoms with Gasteiger partial charge in [0.05, 0.1) is 6.61 Å². The van der Waals surface area contributed by atoms with Crippen LogP contribution in [0.15, 0.2) is 0 Å². The van der Waals surface area contributed by atoms with Crippen molar-refractivity contribution in [3.63, 3.8) is 0 Å². The van der Waals surface area contributed by atoms with Gasteiger partial charge in [-0.1, -0.05) is 19.8 Å². The number of hydrogen-bond donors (Lipinski definition) is 1. The normalized spacial score (nSPS) is 8.81. The number of rotatable bonds is 6. The van der Waals surface area contributed by atoms with Gasteiger partial charge in [-0.3, -0.25) is 4.79 Å². The predicted molar refractivity (Wildman–Crippen MR) is 52.2 cm³/mol. The number of hydrogen-bond acceptors (Lipinski definition) is 5. The molecular weight excluding hydrogens is 464 g/mol. The van der Waals surface area contributed by atoms with Crippen molar-refractivity contribution in [3.05, 3.63) is 0 Å². The van der Waals surface area contributed by atoms with Gasteiger partial charge in [0.25, 0.3) is 0 Å². The summed E-state index contributed by atoms with van der Waals surface area (Å²) in [6, 6.07) is 0. The second-order valence-electron chi connectivity index (χ2n) is 2.54. The molecule has 0 spiro atoms. The number of carbonyl (C=O) groups excluding carboxylic acids is 1. The van der Waals surface area contributed by atoms with E-state index in [9.17, 15) is 4.79 Å². The molecule has 0 atom stereocenters. The Balaban J connectivity index is -0.000000242. The fourth-order valence-corrected chi connectivity index (χ4v) is 0.752. The zero-order valence-electron chi connectivity index (χ0n) is 9.16. The maximum Gasteiger partial charge on any atom is 0 e. The minimum atomic E-state index is -2.62. The summed E-state index contributed by atoms with van der Waals surface area (Å²) in [4.78, 5) is 10.7. The molecule has 0 aliphatic heterocycles. The van der Waals surface area contributed by atoms with Crippen LogP contribution in [0, 0.1) is 0 Å². The molecule has 0 aromatic carbocycles. The second-order valence-corrected chi connectivity index (χ2v) is 4.28. The third kappa shape index (κ3) is 24.1. The number of carbonyl (C=O) groups is 1. The quantitative estimate of drug-likeness (QED) is 0.267. The van der Waals surface area contributed by atoms with E-state index in [1.54, 1.807) is 0 Å². The van der Waals surface area contributed by atoms with Crippen LogP contribution in [0.2, 0.25) is 0 Å². The zero-order chi connectivity index (χ0) is 12.1. The molecule has 0 heterocycles. The molecule has 0 aliphatic rings. The van der Waals surface area contributed by atoms with Crippen molar-refractivity contribution in [2.24, 2.45) is 0 Å². The summed E-state index contributed by atoms with van der Waals surface area (Å²) in [5.74, 6) is -0.0593. The van der Waals surface area contributed by atoms with E-state index in [4.69, 9.17) is 13.2 Å². The van der Waals surface area contributed by atoms with Crippen molar-refractivity contribution in [3.8, 4) is 0 Å². The van der Waals surface area contributed by atoms with Crippen molar-refractivity contribution in [2.45, 2.75) is 39.5 Å². The van der Waals surface area contributed by atoms with Crippen molar-refractivity contribution in [2.75, 3.05) is 6.61 Å². The van der Waals surface area contributed by atoms with Crippen LogP contribution in [0.1, 0.15) is 39.5 Å². The van der Waals surface area contributed by atoms with Gasteiger partial charge in [0, 0.05) is 23.2 Å². The van der Waals surface area contributed by atoms with Crippen molar-refractivity contribution in [1.29, 1.82) is 0 Å². The number of thiol groups is 1. The van der Waals surface area contributed by atoms with Crippen LogP contribution in [0.5, 0.6) is 0 Å². The third-order valence-electron chi connectivity index (χ3n) is 1.33. The average Bonchev–Trinajstić information content (AvgIpc) is 2.19. The van der Waals surface area contributed by atoms with Crippen LogP contribution in [0.3, 0.4) is 0 Å². The molecule has 0 aliphatic carbocycles. The molecule has 0 amide bonds. The topological polar surface area (TPSA) is 69.7 Å². The van der Waals surface area contributed by atoms with E-state index in [0.717, 1.165) is 19.3 Å². The van der Waals surface area contributed by atoms with Crippen molar-refractivity contribution >= 4 is 17.0 Å². The molecule has 105 valence electrons. The van der Waals surface area contributed by atoms with E-state index in [1.807, 2.05) is 6.92 Å². The Morgan fingerprint density at radius 1 is 1.25 bits per heavy atom. The molecule has 0 bridgehead atoms. The van der Waals surface area contributed by atoms with Gasteiger partial charge in [0.15, 0.2) is 0 Å². The molecular formula is C8H17AuCoO5S. The van der Waals surface area contributed by atoms with Crippen LogP contribution >= 0.6 is 0 Å². The molecule has 1 radical (unpaired) electrons. The van der Waals surface area contributed by atoms with E-state index < -0.39 is 11.0 Å². The molecule has 0 saturated heterocycles. The SMILES string of the molecule is CCCCCC(=O)OCC.O=[SH](=O)[O][Au].[Co]. The van der Waals surface area contributed by atoms with Crippen LogP contribution in [-0.4, -0.2) is 21.0 Å². The summed E-state index contributed by atoms with van der Waals surface area (Å²) in [5.41, 5.74) is 0. The minimum absolute atomic E-state index is 0. The first-order valence-corrected chi connectivity index (χ1v) is 6.62. The van der Waals surface area contributed by atoms with Crippen molar-refractivity contribution < 1.29 is 58.9 Å². The van der Waals surface area contributed by atoms with Crippen LogP contribution in [-0.2, 0) is 61.4 Å². The molecule has 0 aromatic heterocycles.